The summed E-state index contributed by atoms with van der Waals surface area (Å²) in [6.45, 7) is 0. The number of benzene rings is 2. The van der Waals surface area contributed by atoms with Crippen LogP contribution in [0.5, 0.6) is 6.01 Å². The summed E-state index contributed by atoms with van der Waals surface area (Å²) in [5, 5.41) is 18.7. The van der Waals surface area contributed by atoms with E-state index in [0.717, 1.165) is 18.2 Å². The van der Waals surface area contributed by atoms with Crippen LogP contribution in [0.1, 0.15) is 24.0 Å². The molecular formula is C24H18F5N5O2S. The van der Waals surface area contributed by atoms with E-state index >= 15 is 4.39 Å². The highest BCUT2D eigenvalue weighted by Gasteiger charge is 2.39. The molecule has 0 aliphatic heterocycles. The molecular weight excluding hydrogens is 517 g/mol. The van der Waals surface area contributed by atoms with E-state index in [4.69, 9.17) is 10.5 Å². The van der Waals surface area contributed by atoms with Gasteiger partial charge < -0.3 is 20.5 Å². The Bertz CT molecular complexity index is 1610. The van der Waals surface area contributed by atoms with Crippen LogP contribution >= 0.6 is 11.3 Å². The first-order valence-electron chi connectivity index (χ1n) is 10.9. The zero-order valence-corrected chi connectivity index (χ0v) is 20.1. The number of anilines is 2. The fraction of sp³-hybridized carbons (Fsp3) is 0.292. The number of nitrogens with zero attached hydrogens (tertiary/aromatic N) is 4. The molecule has 1 saturated carbocycles. The van der Waals surface area contributed by atoms with Gasteiger partial charge in [0, 0.05) is 29.4 Å². The molecule has 5 rings (SSSR count). The predicted octanol–water partition coefficient (Wildman–Crippen LogP) is 5.23. The SMILES string of the molecule is COc1nc(N(C)C2CC(O)C2)c2cc(C(F)(F)F)c(-c3ccc(F)c4sc(N)c(C#N)c34)c(F)c2n1. The summed E-state index contributed by atoms with van der Waals surface area (Å²) in [7, 11) is 2.81. The summed E-state index contributed by atoms with van der Waals surface area (Å²) in [6.07, 6.45) is -4.87. The van der Waals surface area contributed by atoms with Crippen LogP contribution in [0.3, 0.4) is 0 Å². The van der Waals surface area contributed by atoms with Crippen LogP contribution in [0.2, 0.25) is 0 Å². The second-order valence-electron chi connectivity index (χ2n) is 8.68. The van der Waals surface area contributed by atoms with E-state index in [1.807, 2.05) is 0 Å². The number of aliphatic hydroxyl groups excluding tert-OH is 1. The number of aliphatic hydroxyl groups is 1. The summed E-state index contributed by atoms with van der Waals surface area (Å²) in [6, 6.07) is 3.90. The van der Waals surface area contributed by atoms with Gasteiger partial charge in [0.05, 0.1) is 29.0 Å². The maximum atomic E-state index is 16.2. The molecule has 13 heteroatoms. The maximum Gasteiger partial charge on any atom is 0.417 e. The molecule has 2 aromatic heterocycles. The fourth-order valence-corrected chi connectivity index (χ4v) is 5.54. The van der Waals surface area contributed by atoms with Crippen LogP contribution in [0.25, 0.3) is 32.1 Å². The Labute approximate surface area is 210 Å². The third-order valence-corrected chi connectivity index (χ3v) is 7.58. The quantitative estimate of drug-likeness (QED) is 0.345. The first-order valence-corrected chi connectivity index (χ1v) is 11.7. The molecule has 0 unspecified atom stereocenters. The minimum Gasteiger partial charge on any atom is -0.467 e. The topological polar surface area (TPSA) is 108 Å². The van der Waals surface area contributed by atoms with E-state index < -0.39 is 40.6 Å². The van der Waals surface area contributed by atoms with Crippen molar-refractivity contribution < 1.29 is 31.8 Å². The number of halogens is 5. The van der Waals surface area contributed by atoms with Gasteiger partial charge in [0.25, 0.3) is 0 Å². The number of methoxy groups -OCH3 is 1. The Morgan fingerprint density at radius 1 is 1.24 bits per heavy atom. The molecule has 2 aromatic carbocycles. The summed E-state index contributed by atoms with van der Waals surface area (Å²) >= 11 is 0.690. The van der Waals surface area contributed by atoms with Crippen molar-refractivity contribution in [1.29, 1.82) is 5.26 Å². The van der Waals surface area contributed by atoms with Gasteiger partial charge in [-0.25, -0.2) is 8.78 Å². The van der Waals surface area contributed by atoms with E-state index in [0.29, 0.717) is 24.2 Å². The second-order valence-corrected chi connectivity index (χ2v) is 9.74. The number of aromatic nitrogens is 2. The number of nitrogens with two attached hydrogens (primary N) is 1. The number of hydrogen-bond donors (Lipinski definition) is 2. The largest absolute Gasteiger partial charge is 0.467 e. The molecule has 7 nitrogen and oxygen atoms in total. The number of nitriles is 1. The smallest absolute Gasteiger partial charge is 0.417 e. The number of rotatable bonds is 4. The number of fused-ring (bicyclic) bond motifs is 2. The van der Waals surface area contributed by atoms with Gasteiger partial charge in [-0.1, -0.05) is 6.07 Å². The zero-order valence-electron chi connectivity index (χ0n) is 19.3. The number of thiophene rings is 1. The van der Waals surface area contributed by atoms with Crippen molar-refractivity contribution in [3.05, 3.63) is 41.0 Å². The molecule has 37 heavy (non-hydrogen) atoms. The molecule has 192 valence electrons. The van der Waals surface area contributed by atoms with E-state index in [1.54, 1.807) is 18.0 Å². The Hall–Kier alpha value is -3.76. The van der Waals surface area contributed by atoms with Gasteiger partial charge in [0.15, 0.2) is 5.82 Å². The average molecular weight is 535 g/mol. The average Bonchev–Trinajstić information content (AvgIpc) is 3.18. The number of alkyl halides is 3. The second kappa shape index (κ2) is 8.67. The lowest BCUT2D eigenvalue weighted by Gasteiger charge is -2.39. The maximum absolute atomic E-state index is 16.2. The van der Waals surface area contributed by atoms with Gasteiger partial charge in [-0.05, 0) is 30.5 Å². The van der Waals surface area contributed by atoms with Crippen molar-refractivity contribution >= 4 is 43.1 Å². The lowest BCUT2D eigenvalue weighted by molar-refractivity contribution is -0.137. The summed E-state index contributed by atoms with van der Waals surface area (Å²) in [5.41, 5.74) is 2.55. The van der Waals surface area contributed by atoms with Crippen molar-refractivity contribution in [2.24, 2.45) is 0 Å². The van der Waals surface area contributed by atoms with Gasteiger partial charge in [0.2, 0.25) is 0 Å². The summed E-state index contributed by atoms with van der Waals surface area (Å²) in [4.78, 5) is 9.73. The van der Waals surface area contributed by atoms with E-state index in [-0.39, 0.29) is 49.5 Å². The molecule has 0 amide bonds. The van der Waals surface area contributed by atoms with Crippen molar-refractivity contribution in [1.82, 2.24) is 9.97 Å². The monoisotopic (exact) mass is 535 g/mol. The Morgan fingerprint density at radius 2 is 1.95 bits per heavy atom. The highest BCUT2D eigenvalue weighted by atomic mass is 32.1. The van der Waals surface area contributed by atoms with Crippen molar-refractivity contribution in [3.8, 4) is 23.2 Å². The minimum absolute atomic E-state index is 0.00329. The van der Waals surface area contributed by atoms with Gasteiger partial charge in [-0.15, -0.1) is 11.3 Å². The number of nitrogen functional groups attached to an aromatic ring is 1. The molecule has 4 aromatic rings. The Balaban J connectivity index is 1.89. The first kappa shape index (κ1) is 24.9. The molecule has 0 atom stereocenters. The molecule has 1 aliphatic rings. The van der Waals surface area contributed by atoms with E-state index in [9.17, 15) is 27.9 Å². The lowest BCUT2D eigenvalue weighted by Crippen LogP contribution is -2.45. The molecule has 2 heterocycles. The summed E-state index contributed by atoms with van der Waals surface area (Å²) in [5.74, 6) is -2.14. The highest BCUT2D eigenvalue weighted by Crippen LogP contribution is 2.48. The van der Waals surface area contributed by atoms with Gasteiger partial charge >= 0.3 is 12.2 Å². The lowest BCUT2D eigenvalue weighted by atomic mass is 9.88. The highest BCUT2D eigenvalue weighted by molar-refractivity contribution is 7.23. The molecule has 0 bridgehead atoms. The third-order valence-electron chi connectivity index (χ3n) is 6.55. The fourth-order valence-electron chi connectivity index (χ4n) is 4.59. The van der Waals surface area contributed by atoms with Crippen LogP contribution in [0, 0.1) is 23.0 Å². The Morgan fingerprint density at radius 3 is 2.54 bits per heavy atom. The van der Waals surface area contributed by atoms with Gasteiger partial charge in [-0.3, -0.25) is 0 Å². The zero-order chi connectivity index (χ0) is 26.8. The van der Waals surface area contributed by atoms with Gasteiger partial charge in [0.1, 0.15) is 28.2 Å². The normalized spacial score (nSPS) is 17.6. The minimum atomic E-state index is -5.04. The van der Waals surface area contributed by atoms with E-state index in [2.05, 4.69) is 9.97 Å². The number of hydrogen-bond acceptors (Lipinski definition) is 8. The molecule has 0 saturated heterocycles. The van der Waals surface area contributed by atoms with Crippen molar-refractivity contribution in [2.45, 2.75) is 31.2 Å². The van der Waals surface area contributed by atoms with Crippen LogP contribution in [0.4, 0.5) is 32.8 Å². The van der Waals surface area contributed by atoms with Gasteiger partial charge in [-0.2, -0.15) is 28.4 Å². The third kappa shape index (κ3) is 3.87. The predicted molar refractivity (Wildman–Crippen MR) is 128 cm³/mol. The van der Waals surface area contributed by atoms with E-state index in [1.165, 1.54) is 7.11 Å². The molecule has 1 fully saturated rings. The first-order chi connectivity index (χ1) is 17.5. The summed E-state index contributed by atoms with van der Waals surface area (Å²) < 4.78 is 79.0. The van der Waals surface area contributed by atoms with Crippen LogP contribution in [0.15, 0.2) is 18.2 Å². The molecule has 0 spiro atoms. The van der Waals surface area contributed by atoms with Crippen LogP contribution < -0.4 is 15.4 Å². The standard InChI is InChI=1S/C24H18F5N5O2S/c1-34(9-5-10(35)6-9)22-12-7-14(24(27,28)29)17(18(26)19(12)32-23(33-22)36-2)11-3-4-15(25)20-16(11)13(8-30)21(31)37-20/h3-4,7,9-10,35H,5-6,31H2,1-2H3. The van der Waals surface area contributed by atoms with Crippen LogP contribution in [-0.4, -0.2) is 41.4 Å². The van der Waals surface area contributed by atoms with Crippen LogP contribution in [-0.2, 0) is 6.18 Å². The molecule has 0 radical (unpaired) electrons. The number of ether oxygens (including phenoxy) is 1. The molecule has 3 N–H and O–H groups in total. The van der Waals surface area contributed by atoms with Crippen molar-refractivity contribution in [3.63, 3.8) is 0 Å². The molecule has 1 aliphatic carbocycles. The Kier molecular flexibility index (Phi) is 5.84. The van der Waals surface area contributed by atoms with Crippen molar-refractivity contribution in [2.75, 3.05) is 24.8 Å².